The van der Waals surface area contributed by atoms with E-state index in [4.69, 9.17) is 0 Å². The van der Waals surface area contributed by atoms with Crippen LogP contribution in [-0.2, 0) is 6.42 Å². The molecule has 0 amide bonds. The van der Waals surface area contributed by atoms with Crippen molar-refractivity contribution in [3.8, 4) is 5.75 Å². The molecule has 0 heterocycles. The summed E-state index contributed by atoms with van der Waals surface area (Å²) in [7, 11) is 0. The number of aryl methyl sites for hydroxylation is 1. The fraction of sp³-hybridized carbons (Fsp3) is 0.150. The summed E-state index contributed by atoms with van der Waals surface area (Å²) in [6, 6.07) is 14.4. The molecule has 0 aliphatic rings. The van der Waals surface area contributed by atoms with Crippen molar-refractivity contribution in [3.63, 3.8) is 0 Å². The summed E-state index contributed by atoms with van der Waals surface area (Å²) < 4.78 is 0. The van der Waals surface area contributed by atoms with E-state index >= 15 is 0 Å². The summed E-state index contributed by atoms with van der Waals surface area (Å²) in [6.07, 6.45) is 5.23. The van der Waals surface area contributed by atoms with Gasteiger partial charge >= 0.3 is 0 Å². The first kappa shape index (κ1) is 15.8. The number of ketones is 1. The standard InChI is InChI=1S/C20H20O2/c1-15(2)10-11-16-6-3-4-7-17(16)12-13-20(22)18-8-5-9-19(21)14-18/h3-9,12-14,21H,1,10-11H2,2H3/b13-12+. The van der Waals surface area contributed by atoms with E-state index in [0.717, 1.165) is 24.0 Å². The van der Waals surface area contributed by atoms with Crippen molar-refractivity contribution < 1.29 is 9.90 Å². The molecule has 2 heteroatoms. The van der Waals surface area contributed by atoms with E-state index in [1.54, 1.807) is 24.3 Å². The number of benzene rings is 2. The molecule has 0 spiro atoms. The molecule has 0 unspecified atom stereocenters. The number of rotatable bonds is 6. The maximum atomic E-state index is 12.1. The zero-order valence-electron chi connectivity index (χ0n) is 12.8. The molecule has 2 aromatic rings. The Morgan fingerprint density at radius 1 is 1.18 bits per heavy atom. The molecular weight excluding hydrogens is 272 g/mol. The number of carbonyl (C=O) groups excluding carboxylic acids is 1. The van der Waals surface area contributed by atoms with Crippen LogP contribution in [0.25, 0.3) is 6.08 Å². The van der Waals surface area contributed by atoms with Crippen molar-refractivity contribution in [2.45, 2.75) is 19.8 Å². The van der Waals surface area contributed by atoms with Crippen molar-refractivity contribution in [1.29, 1.82) is 0 Å². The molecule has 112 valence electrons. The molecule has 0 aliphatic heterocycles. The molecule has 0 aromatic heterocycles. The molecule has 0 aliphatic carbocycles. The lowest BCUT2D eigenvalue weighted by molar-refractivity contribution is 0.104. The highest BCUT2D eigenvalue weighted by Crippen LogP contribution is 2.16. The molecule has 0 bridgehead atoms. The van der Waals surface area contributed by atoms with E-state index in [2.05, 4.69) is 12.6 Å². The van der Waals surface area contributed by atoms with E-state index in [1.807, 2.05) is 31.2 Å². The molecule has 22 heavy (non-hydrogen) atoms. The zero-order chi connectivity index (χ0) is 15.9. The fourth-order valence-electron chi connectivity index (χ4n) is 2.19. The Balaban J connectivity index is 2.16. The molecule has 2 aromatic carbocycles. The summed E-state index contributed by atoms with van der Waals surface area (Å²) in [4.78, 5) is 12.1. The Hall–Kier alpha value is -2.61. The first-order chi connectivity index (χ1) is 10.6. The van der Waals surface area contributed by atoms with Crippen molar-refractivity contribution in [1.82, 2.24) is 0 Å². The quantitative estimate of drug-likeness (QED) is 0.472. The van der Waals surface area contributed by atoms with Gasteiger partial charge in [-0.15, -0.1) is 6.58 Å². The Labute approximate surface area is 131 Å². The Kier molecular flexibility index (Phi) is 5.31. The third-order valence-electron chi connectivity index (χ3n) is 3.42. The second-order valence-electron chi connectivity index (χ2n) is 5.40. The van der Waals surface area contributed by atoms with Gasteiger partial charge in [0, 0.05) is 5.56 Å². The Morgan fingerprint density at radius 3 is 2.68 bits per heavy atom. The Morgan fingerprint density at radius 2 is 1.95 bits per heavy atom. The number of allylic oxidation sites excluding steroid dienone is 2. The fourth-order valence-corrected chi connectivity index (χ4v) is 2.19. The summed E-state index contributed by atoms with van der Waals surface area (Å²) in [5.41, 5.74) is 3.87. The topological polar surface area (TPSA) is 37.3 Å². The maximum absolute atomic E-state index is 12.1. The molecule has 1 N–H and O–H groups in total. The van der Waals surface area contributed by atoms with Crippen LogP contribution in [0.1, 0.15) is 34.8 Å². The van der Waals surface area contributed by atoms with Crippen molar-refractivity contribution in [3.05, 3.63) is 83.4 Å². The number of phenolic OH excluding ortho intramolecular Hbond substituents is 1. The molecule has 2 nitrogen and oxygen atoms in total. The van der Waals surface area contributed by atoms with Gasteiger partial charge in [-0.25, -0.2) is 0 Å². The minimum atomic E-state index is -0.120. The average Bonchev–Trinajstić information content (AvgIpc) is 2.51. The average molecular weight is 292 g/mol. The highest BCUT2D eigenvalue weighted by molar-refractivity contribution is 6.07. The van der Waals surface area contributed by atoms with Crippen LogP contribution >= 0.6 is 0 Å². The first-order valence-corrected chi connectivity index (χ1v) is 7.30. The van der Waals surface area contributed by atoms with E-state index in [-0.39, 0.29) is 11.5 Å². The van der Waals surface area contributed by atoms with Gasteiger partial charge in [-0.1, -0.05) is 48.0 Å². The third kappa shape index (κ3) is 4.45. The molecular formula is C20H20O2. The lowest BCUT2D eigenvalue weighted by Crippen LogP contribution is -1.94. The van der Waals surface area contributed by atoms with Crippen molar-refractivity contribution in [2.24, 2.45) is 0 Å². The van der Waals surface area contributed by atoms with E-state index in [1.165, 1.54) is 11.6 Å². The van der Waals surface area contributed by atoms with Gasteiger partial charge in [-0.3, -0.25) is 4.79 Å². The van der Waals surface area contributed by atoms with Gasteiger partial charge in [0.1, 0.15) is 5.75 Å². The summed E-state index contributed by atoms with van der Waals surface area (Å²) in [5, 5.41) is 9.43. The normalized spacial score (nSPS) is 10.8. The second-order valence-corrected chi connectivity index (χ2v) is 5.40. The van der Waals surface area contributed by atoms with Crippen LogP contribution in [0.5, 0.6) is 5.75 Å². The smallest absolute Gasteiger partial charge is 0.185 e. The van der Waals surface area contributed by atoms with Gasteiger partial charge < -0.3 is 5.11 Å². The predicted molar refractivity (Wildman–Crippen MR) is 91.0 cm³/mol. The molecule has 0 radical (unpaired) electrons. The van der Waals surface area contributed by atoms with Gasteiger partial charge in [0.05, 0.1) is 0 Å². The van der Waals surface area contributed by atoms with E-state index in [9.17, 15) is 9.90 Å². The van der Waals surface area contributed by atoms with Crippen LogP contribution in [0.15, 0.2) is 66.8 Å². The Bertz CT molecular complexity index is 711. The lowest BCUT2D eigenvalue weighted by Gasteiger charge is -2.05. The van der Waals surface area contributed by atoms with Gasteiger partial charge in [-0.05, 0) is 49.1 Å². The first-order valence-electron chi connectivity index (χ1n) is 7.30. The van der Waals surface area contributed by atoms with Gasteiger partial charge in [0.2, 0.25) is 0 Å². The van der Waals surface area contributed by atoms with Crippen molar-refractivity contribution >= 4 is 11.9 Å². The summed E-state index contributed by atoms with van der Waals surface area (Å²) in [5.74, 6) is -0.0216. The molecule has 0 fully saturated rings. The highest BCUT2D eigenvalue weighted by Gasteiger charge is 2.04. The number of phenols is 1. The summed E-state index contributed by atoms with van der Waals surface area (Å²) in [6.45, 7) is 5.94. The van der Waals surface area contributed by atoms with Crippen LogP contribution < -0.4 is 0 Å². The van der Waals surface area contributed by atoms with Crippen LogP contribution in [0.3, 0.4) is 0 Å². The van der Waals surface area contributed by atoms with Crippen molar-refractivity contribution in [2.75, 3.05) is 0 Å². The van der Waals surface area contributed by atoms with Gasteiger partial charge in [-0.2, -0.15) is 0 Å². The minimum Gasteiger partial charge on any atom is -0.508 e. The second kappa shape index (κ2) is 7.41. The number of aromatic hydroxyl groups is 1. The van der Waals surface area contributed by atoms with Crippen LogP contribution in [0.2, 0.25) is 0 Å². The lowest BCUT2D eigenvalue weighted by atomic mass is 10.00. The molecule has 0 saturated heterocycles. The van der Waals surface area contributed by atoms with Crippen LogP contribution in [-0.4, -0.2) is 10.9 Å². The number of hydrogen-bond acceptors (Lipinski definition) is 2. The number of hydrogen-bond donors (Lipinski definition) is 1. The SMILES string of the molecule is C=C(C)CCc1ccccc1/C=C/C(=O)c1cccc(O)c1. The molecule has 0 atom stereocenters. The van der Waals surface area contributed by atoms with Crippen LogP contribution in [0.4, 0.5) is 0 Å². The van der Waals surface area contributed by atoms with E-state index in [0.29, 0.717) is 5.56 Å². The maximum Gasteiger partial charge on any atom is 0.185 e. The number of carbonyl (C=O) groups is 1. The van der Waals surface area contributed by atoms with Crippen LogP contribution in [0, 0.1) is 0 Å². The molecule has 2 rings (SSSR count). The zero-order valence-corrected chi connectivity index (χ0v) is 12.8. The third-order valence-corrected chi connectivity index (χ3v) is 3.42. The van der Waals surface area contributed by atoms with E-state index < -0.39 is 0 Å². The van der Waals surface area contributed by atoms with Gasteiger partial charge in [0.15, 0.2) is 5.78 Å². The largest absolute Gasteiger partial charge is 0.508 e. The predicted octanol–water partition coefficient (Wildman–Crippen LogP) is 4.80. The minimum absolute atomic E-state index is 0.0982. The highest BCUT2D eigenvalue weighted by atomic mass is 16.3. The monoisotopic (exact) mass is 292 g/mol. The van der Waals surface area contributed by atoms with Gasteiger partial charge in [0.25, 0.3) is 0 Å². The summed E-state index contributed by atoms with van der Waals surface area (Å²) >= 11 is 0. The molecule has 0 saturated carbocycles.